The Morgan fingerprint density at radius 2 is 0.935 bits per heavy atom. The van der Waals surface area contributed by atoms with Gasteiger partial charge in [0.1, 0.15) is 58.4 Å². The lowest BCUT2D eigenvalue weighted by Crippen LogP contribution is -2.50. The number of pyridine rings is 2. The number of aromatic nitrogens is 11. The summed E-state index contributed by atoms with van der Waals surface area (Å²) in [6.07, 6.45) is 22.9. The van der Waals surface area contributed by atoms with E-state index in [2.05, 4.69) is 71.6 Å². The highest BCUT2D eigenvalue weighted by Crippen LogP contribution is 2.53. The number of ether oxygens (including phenoxy) is 5. The van der Waals surface area contributed by atoms with Crippen molar-refractivity contribution in [1.82, 2.24) is 86.4 Å². The Morgan fingerprint density at radius 3 is 1.53 bits per heavy atom. The largest absolute Gasteiger partial charge is 0.481 e. The molecule has 10 aliphatic heterocycles. The molecular formula is C103H92Cl5N17O11S2. The van der Waals surface area contributed by atoms with Crippen LogP contribution < -0.4 is 45.0 Å². The minimum atomic E-state index is -0.510. The SMILES string of the molecule is CNC1CCCN(C(=O)C2Cc3cc(Cl)cc(-c4ccnc5ccsc45)c3O2)C1.Cc1nc(-c2cc(Cl)cc3c2OC(c2onc4c2CNCC4)C3)c2sccc2n1.Clc1cc2c(c(-c3ccncc3)c1)OC(c1onc3c1CNCC3)C2.Clc1cc2c(c(-c3ncnc4c3CCC4)c1)OC(c1onc3c1CNCC3)C2.O=C(C1Cc2cc(Cl)cc(-c3ncnc4ccoc34)c2O1)N1CCCCC1. The molecule has 2 saturated heterocycles. The molecule has 5 aromatic carbocycles. The van der Waals surface area contributed by atoms with E-state index in [1.165, 1.54) is 18.3 Å². The molecule has 138 heavy (non-hydrogen) atoms. The van der Waals surface area contributed by atoms with Crippen molar-refractivity contribution in [3.63, 3.8) is 0 Å². The quantitative estimate of drug-likeness (QED) is 0.0934. The van der Waals surface area contributed by atoms with Gasteiger partial charge in [0.05, 0.1) is 55.2 Å². The lowest BCUT2D eigenvalue weighted by molar-refractivity contribution is -0.139. The number of hydrogen-bond acceptors (Lipinski definition) is 28. The van der Waals surface area contributed by atoms with E-state index in [1.54, 1.807) is 66.0 Å². The summed E-state index contributed by atoms with van der Waals surface area (Å²) in [5.41, 5.74) is 26.3. The monoisotopic (exact) mass is 1980 g/mol. The van der Waals surface area contributed by atoms with E-state index in [0.717, 1.165) is 327 Å². The average molecular weight is 1990 g/mol. The summed E-state index contributed by atoms with van der Waals surface area (Å²) < 4.78 is 56.4. The lowest BCUT2D eigenvalue weighted by Gasteiger charge is -2.33. The first-order chi connectivity index (χ1) is 67.6. The number of likely N-dealkylation sites (tertiary alicyclic amines) is 2. The van der Waals surface area contributed by atoms with Gasteiger partial charge in [0.25, 0.3) is 11.8 Å². The second-order valence-corrected chi connectivity index (χ2v) is 40.1. The van der Waals surface area contributed by atoms with Gasteiger partial charge in [0.2, 0.25) is 0 Å². The number of piperidine rings is 2. The van der Waals surface area contributed by atoms with Crippen LogP contribution in [0.15, 0.2) is 163 Å². The Morgan fingerprint density at radius 1 is 0.435 bits per heavy atom. The number of hydrogen-bond donors (Lipinski definition) is 4. The van der Waals surface area contributed by atoms with Gasteiger partial charge in [-0.05, 0) is 173 Å². The molecule has 0 spiro atoms. The van der Waals surface area contributed by atoms with Gasteiger partial charge < -0.3 is 72.7 Å². The molecule has 21 heterocycles. The normalized spacial score (nSPS) is 19.4. The molecule has 4 N–H and O–H groups in total. The van der Waals surface area contributed by atoms with Gasteiger partial charge in [-0.3, -0.25) is 19.6 Å². The molecule has 0 radical (unpaired) electrons. The lowest BCUT2D eigenvalue weighted by atomic mass is 9.99. The van der Waals surface area contributed by atoms with Crippen LogP contribution in [-0.2, 0) is 93.4 Å². The first kappa shape index (κ1) is 89.8. The fraction of sp³-hybridized carbons (Fsp3) is 0.330. The summed E-state index contributed by atoms with van der Waals surface area (Å²) in [6, 6.07) is 31.4. The number of nitrogens with one attached hydrogen (secondary N) is 4. The number of rotatable bonds is 11. The van der Waals surface area contributed by atoms with Crippen LogP contribution in [-0.4, -0.2) is 148 Å². The van der Waals surface area contributed by atoms with E-state index in [1.807, 2.05) is 119 Å². The second kappa shape index (κ2) is 38.6. The van der Waals surface area contributed by atoms with E-state index in [-0.39, 0.29) is 30.1 Å². The van der Waals surface area contributed by atoms with Crippen LogP contribution in [0.2, 0.25) is 25.1 Å². The van der Waals surface area contributed by atoms with Crippen LogP contribution in [0, 0.1) is 6.92 Å². The highest BCUT2D eigenvalue weighted by Gasteiger charge is 2.43. The summed E-state index contributed by atoms with van der Waals surface area (Å²) in [4.78, 5) is 65.4. The second-order valence-electron chi connectivity index (χ2n) is 36.1. The van der Waals surface area contributed by atoms with Gasteiger partial charge in [-0.25, -0.2) is 29.9 Å². The number of aryl methyl sites for hydroxylation is 2. The third-order valence-corrected chi connectivity index (χ3v) is 30.3. The Balaban J connectivity index is 0.0000000967. The number of benzene rings is 5. The minimum absolute atomic E-state index is 0.0544. The number of fused-ring (bicyclic) bond motifs is 12. The van der Waals surface area contributed by atoms with Crippen molar-refractivity contribution in [3.8, 4) is 84.8 Å². The van der Waals surface area contributed by atoms with E-state index in [0.29, 0.717) is 73.0 Å². The number of carbonyl (C=O) groups is 2. The molecule has 1 aliphatic carbocycles. The molecule has 702 valence electrons. The summed E-state index contributed by atoms with van der Waals surface area (Å²) >= 11 is 35.4. The summed E-state index contributed by atoms with van der Waals surface area (Å²) in [7, 11) is 1.95. The molecule has 11 aromatic heterocycles. The predicted molar refractivity (Wildman–Crippen MR) is 526 cm³/mol. The van der Waals surface area contributed by atoms with E-state index in [9.17, 15) is 9.59 Å². The van der Waals surface area contributed by atoms with Gasteiger partial charge >= 0.3 is 0 Å². The Bertz CT molecular complexity index is 7410. The maximum atomic E-state index is 13.2. The molecule has 35 heteroatoms. The van der Waals surface area contributed by atoms with Crippen molar-refractivity contribution in [2.24, 2.45) is 0 Å². The summed E-state index contributed by atoms with van der Waals surface area (Å²) in [6.45, 7) is 10.2. The van der Waals surface area contributed by atoms with Gasteiger partial charge in [0, 0.05) is 262 Å². The highest BCUT2D eigenvalue weighted by atomic mass is 35.5. The highest BCUT2D eigenvalue weighted by molar-refractivity contribution is 7.18. The first-order valence-corrected chi connectivity index (χ1v) is 50.4. The number of halogens is 5. The molecule has 16 aromatic rings. The number of carbonyl (C=O) groups excluding carboxylic acids is 2. The predicted octanol–water partition coefficient (Wildman–Crippen LogP) is 19.9. The van der Waals surface area contributed by atoms with Crippen molar-refractivity contribution < 1.29 is 51.3 Å². The molecule has 2 amide bonds. The van der Waals surface area contributed by atoms with Crippen LogP contribution >= 0.6 is 80.7 Å². The van der Waals surface area contributed by atoms with Crippen LogP contribution in [0.4, 0.5) is 0 Å². The summed E-state index contributed by atoms with van der Waals surface area (Å²) in [5, 5.41) is 33.6. The minimum Gasteiger partial charge on any atom is -0.481 e. The van der Waals surface area contributed by atoms with Crippen LogP contribution in [0.5, 0.6) is 28.7 Å². The molecule has 27 rings (SSSR count). The molecular weight excluding hydrogens is 1890 g/mol. The van der Waals surface area contributed by atoms with Gasteiger partial charge in [-0.2, -0.15) is 0 Å². The average Bonchev–Trinajstić information content (AvgIpc) is 1.60. The molecule has 6 unspecified atom stereocenters. The fourth-order valence-corrected chi connectivity index (χ4v) is 23.7. The van der Waals surface area contributed by atoms with Crippen molar-refractivity contribution in [1.29, 1.82) is 0 Å². The van der Waals surface area contributed by atoms with E-state index < -0.39 is 12.2 Å². The molecule has 2 fully saturated rings. The van der Waals surface area contributed by atoms with Crippen molar-refractivity contribution in [2.75, 3.05) is 52.9 Å². The number of nitrogens with zero attached hydrogens (tertiary/aromatic N) is 13. The molecule has 6 atom stereocenters. The standard InChI is InChI=1S/C22H22ClN3O2S.C21H17ClN4O2S.C21H19ClN4O2.C20H18ClN3O3.C19H16ClN3O2/c1-24-15-3-2-7-26(12-15)22(27)19-10-13-9-14(23)11-17(20(13)28-19)16-4-6-25-18-5-8-29-21(16)18;1-10-24-16-3-5-29-21(16)18(25-10)13-8-12(22)6-11-7-17(27-19(11)13)20-14-9-23-4-2-15(14)26-28-20;22-12-6-11-7-18(21-15-9-23-5-4-17(15)26-28-21)27-20(11)14(8-12)19-13-2-1-3-16(13)24-10-25-19;21-13-8-12-9-16(20(25)24-5-2-1-3-6-24)27-18(12)14(10-13)17-19-15(4-7-26-19)22-11-23-17;20-13-7-12-8-17(19-15-10-22-6-3-16(15)23-25-19)24-18(12)14(9-13)11-1-4-21-5-2-11/h4-6,8-9,11,15,19,24H,2-3,7,10,12H2,1H3;3,5-6,8,17,23H,2,4,7,9H2,1H3;6,8,10,18,23H,1-5,7,9H2;4,7-8,10-11,16H,1-3,5-6,9H2;1-2,4-5,7,9,17,22H,3,6,8,10H2. The third kappa shape index (κ3) is 17.6. The topological polar surface area (TPSA) is 329 Å². The molecule has 0 bridgehead atoms. The third-order valence-electron chi connectivity index (χ3n) is 27.4. The Hall–Kier alpha value is -12.0. The number of furan rings is 1. The zero-order chi connectivity index (χ0) is 93.3. The number of amides is 2. The maximum absolute atomic E-state index is 13.2. The van der Waals surface area contributed by atoms with Gasteiger partial charge in [-0.1, -0.05) is 73.5 Å². The number of likely N-dealkylation sites (N-methyl/N-ethyl adjacent to an activating group) is 1. The first-order valence-electron chi connectivity index (χ1n) is 46.8. The molecule has 0 saturated carbocycles. The van der Waals surface area contributed by atoms with Crippen molar-refractivity contribution in [2.45, 2.75) is 166 Å². The van der Waals surface area contributed by atoms with Crippen LogP contribution in [0.25, 0.3) is 87.6 Å². The van der Waals surface area contributed by atoms with Crippen molar-refractivity contribution in [3.05, 3.63) is 266 Å². The maximum Gasteiger partial charge on any atom is 0.264 e. The van der Waals surface area contributed by atoms with Gasteiger partial charge in [-0.15, -0.1) is 22.7 Å². The smallest absolute Gasteiger partial charge is 0.264 e. The van der Waals surface area contributed by atoms with E-state index in [4.69, 9.17) is 105 Å². The van der Waals surface area contributed by atoms with E-state index >= 15 is 0 Å². The van der Waals surface area contributed by atoms with Gasteiger partial charge in [0.15, 0.2) is 53.4 Å². The zero-order valence-corrected chi connectivity index (χ0v) is 80.6. The summed E-state index contributed by atoms with van der Waals surface area (Å²) in [5.74, 6) is 7.30. The Labute approximate surface area is 825 Å². The Kier molecular flexibility index (Phi) is 25.1. The molecule has 28 nitrogen and oxygen atoms in total. The zero-order valence-electron chi connectivity index (χ0n) is 75.2. The van der Waals surface area contributed by atoms with Crippen LogP contribution in [0.3, 0.4) is 0 Å². The molecule has 11 aliphatic rings. The number of thiophene rings is 2. The van der Waals surface area contributed by atoms with Crippen LogP contribution in [0.1, 0.15) is 153 Å². The van der Waals surface area contributed by atoms with Crippen molar-refractivity contribution >= 4 is 124 Å². The fourth-order valence-electron chi connectivity index (χ4n) is 20.8.